The highest BCUT2D eigenvalue weighted by Crippen LogP contribution is 2.30. The van der Waals surface area contributed by atoms with E-state index in [9.17, 15) is 14.4 Å². The number of hydrogen-bond donors (Lipinski definition) is 1. The Morgan fingerprint density at radius 3 is 2.75 bits per heavy atom. The van der Waals surface area contributed by atoms with Gasteiger partial charge in [0.2, 0.25) is 11.8 Å². The number of amides is 2. The minimum atomic E-state index is -0.0976. The number of rotatable bonds is 5. The predicted molar refractivity (Wildman–Crippen MR) is 117 cm³/mol. The molecule has 9 heteroatoms. The number of likely N-dealkylation sites (tertiary alicyclic amines) is 1. The number of carbonyl (C=O) groups is 2. The molecule has 1 N–H and O–H groups in total. The van der Waals surface area contributed by atoms with E-state index in [0.717, 1.165) is 37.1 Å². The van der Waals surface area contributed by atoms with Crippen LogP contribution in [-0.4, -0.2) is 61.0 Å². The van der Waals surface area contributed by atoms with Crippen molar-refractivity contribution >= 4 is 11.8 Å². The normalized spacial score (nSPS) is 20.8. The quantitative estimate of drug-likeness (QED) is 0.759. The first kappa shape index (κ1) is 20.9. The van der Waals surface area contributed by atoms with Gasteiger partial charge in [0.1, 0.15) is 5.82 Å². The Kier molecular flexibility index (Phi) is 5.57. The van der Waals surface area contributed by atoms with Gasteiger partial charge in [0.25, 0.3) is 5.56 Å². The fourth-order valence-corrected chi connectivity index (χ4v) is 4.92. The van der Waals surface area contributed by atoms with Crippen LogP contribution in [0.25, 0.3) is 0 Å². The maximum absolute atomic E-state index is 12.7. The van der Waals surface area contributed by atoms with Crippen LogP contribution < -0.4 is 5.56 Å². The molecule has 1 aliphatic carbocycles. The van der Waals surface area contributed by atoms with Gasteiger partial charge in [-0.15, -0.1) is 0 Å². The van der Waals surface area contributed by atoms with Gasteiger partial charge in [0.15, 0.2) is 0 Å². The number of nitrogens with one attached hydrogen (secondary N) is 1. The summed E-state index contributed by atoms with van der Waals surface area (Å²) in [7, 11) is 0. The third-order valence-electron chi connectivity index (χ3n) is 7.11. The summed E-state index contributed by atoms with van der Waals surface area (Å²) in [6, 6.07) is 1.93. The molecule has 0 bridgehead atoms. The molecular formula is C23H30N6O3. The van der Waals surface area contributed by atoms with E-state index in [-0.39, 0.29) is 29.2 Å². The number of aromatic nitrogens is 4. The molecular weight excluding hydrogens is 408 g/mol. The number of aromatic amines is 1. The van der Waals surface area contributed by atoms with E-state index < -0.39 is 0 Å². The molecule has 2 aromatic rings. The third kappa shape index (κ3) is 4.08. The summed E-state index contributed by atoms with van der Waals surface area (Å²) >= 11 is 0. The lowest BCUT2D eigenvalue weighted by molar-refractivity contribution is -0.139. The van der Waals surface area contributed by atoms with Crippen LogP contribution in [0, 0.1) is 12.8 Å². The number of aryl methyl sites for hydroxylation is 2. The fourth-order valence-electron chi connectivity index (χ4n) is 4.92. The predicted octanol–water partition coefficient (Wildman–Crippen LogP) is 1.37. The lowest BCUT2D eigenvalue weighted by atomic mass is 9.84. The van der Waals surface area contributed by atoms with Crippen LogP contribution in [0.3, 0.4) is 0 Å². The van der Waals surface area contributed by atoms with Gasteiger partial charge < -0.3 is 14.8 Å². The summed E-state index contributed by atoms with van der Waals surface area (Å²) in [5, 5.41) is 4.33. The van der Waals surface area contributed by atoms with Crippen molar-refractivity contribution in [1.82, 2.24) is 29.5 Å². The second-order valence-electron chi connectivity index (χ2n) is 9.31. The van der Waals surface area contributed by atoms with Crippen molar-refractivity contribution in [2.24, 2.45) is 5.92 Å². The fraction of sp³-hybridized carbons (Fsp3) is 0.609. The molecule has 170 valence electrons. The first-order valence-electron chi connectivity index (χ1n) is 11.7. The Morgan fingerprint density at radius 1 is 1.19 bits per heavy atom. The number of hydrogen-bond acceptors (Lipinski definition) is 5. The summed E-state index contributed by atoms with van der Waals surface area (Å²) in [6.07, 6.45) is 6.69. The molecule has 4 heterocycles. The largest absolute Gasteiger partial charge is 0.342 e. The van der Waals surface area contributed by atoms with E-state index in [1.54, 1.807) is 4.68 Å². The highest BCUT2D eigenvalue weighted by molar-refractivity contribution is 5.79. The van der Waals surface area contributed by atoms with Gasteiger partial charge in [0.05, 0.1) is 17.9 Å². The molecule has 0 radical (unpaired) electrons. The van der Waals surface area contributed by atoms with Crippen molar-refractivity contribution in [3.8, 4) is 0 Å². The zero-order valence-corrected chi connectivity index (χ0v) is 18.5. The van der Waals surface area contributed by atoms with Gasteiger partial charge in [0, 0.05) is 56.2 Å². The Labute approximate surface area is 186 Å². The van der Waals surface area contributed by atoms with Crippen molar-refractivity contribution in [1.29, 1.82) is 0 Å². The SMILES string of the molecule is Cc1ccn(CCC(=O)N2CC[C@@H](c3nc4c(c(=O)[nH]3)CCN(C(=O)C3CCC3)C4)C2)n1. The minimum Gasteiger partial charge on any atom is -0.342 e. The standard InChI is InChI=1S/C23H30N6O3/c1-15-5-11-29(26-15)12-8-20(30)27-9-6-17(13-27)21-24-19-14-28(23(32)16-3-2-4-16)10-7-18(19)22(31)25-21/h5,11,16-17H,2-4,6-10,12-14H2,1H3,(H,24,25,31)/t17-/m1/s1. The molecule has 2 amide bonds. The second-order valence-corrected chi connectivity index (χ2v) is 9.31. The Morgan fingerprint density at radius 2 is 2.03 bits per heavy atom. The molecule has 2 aromatic heterocycles. The van der Waals surface area contributed by atoms with E-state index in [2.05, 4.69) is 10.1 Å². The molecule has 2 fully saturated rings. The third-order valence-corrected chi connectivity index (χ3v) is 7.11. The van der Waals surface area contributed by atoms with E-state index in [0.29, 0.717) is 57.0 Å². The van der Waals surface area contributed by atoms with Gasteiger partial charge >= 0.3 is 0 Å². The average Bonchev–Trinajstić information content (AvgIpc) is 3.39. The van der Waals surface area contributed by atoms with Gasteiger partial charge in [-0.25, -0.2) is 4.98 Å². The highest BCUT2D eigenvalue weighted by atomic mass is 16.2. The van der Waals surface area contributed by atoms with E-state index in [4.69, 9.17) is 4.98 Å². The maximum atomic E-state index is 12.7. The summed E-state index contributed by atoms with van der Waals surface area (Å²) in [5.41, 5.74) is 2.27. The van der Waals surface area contributed by atoms with Crippen LogP contribution >= 0.6 is 0 Å². The molecule has 0 spiro atoms. The Hall–Kier alpha value is -2.97. The molecule has 0 unspecified atom stereocenters. The monoisotopic (exact) mass is 438 g/mol. The van der Waals surface area contributed by atoms with Crippen molar-refractivity contribution < 1.29 is 9.59 Å². The molecule has 9 nitrogen and oxygen atoms in total. The number of nitrogens with zero attached hydrogens (tertiary/aromatic N) is 5. The summed E-state index contributed by atoms with van der Waals surface area (Å²) in [5.74, 6) is 1.11. The number of fused-ring (bicyclic) bond motifs is 1. The zero-order valence-electron chi connectivity index (χ0n) is 18.5. The molecule has 3 aliphatic rings. The van der Waals surface area contributed by atoms with Crippen molar-refractivity contribution in [2.75, 3.05) is 19.6 Å². The number of carbonyl (C=O) groups excluding carboxylic acids is 2. The molecule has 1 atom stereocenters. The van der Waals surface area contributed by atoms with Crippen molar-refractivity contribution in [3.63, 3.8) is 0 Å². The molecule has 32 heavy (non-hydrogen) atoms. The molecule has 2 aliphatic heterocycles. The second kappa shape index (κ2) is 8.52. The van der Waals surface area contributed by atoms with E-state index in [1.165, 1.54) is 0 Å². The van der Waals surface area contributed by atoms with Crippen LogP contribution in [0.15, 0.2) is 17.1 Å². The summed E-state index contributed by atoms with van der Waals surface area (Å²) < 4.78 is 1.79. The zero-order chi connectivity index (χ0) is 22.2. The lowest BCUT2D eigenvalue weighted by Gasteiger charge is -2.34. The summed E-state index contributed by atoms with van der Waals surface area (Å²) in [6.45, 7) is 4.72. The molecule has 5 rings (SSSR count). The highest BCUT2D eigenvalue weighted by Gasteiger charge is 2.34. The maximum Gasteiger partial charge on any atom is 0.254 e. The molecule has 1 saturated heterocycles. The number of H-pyrrole nitrogens is 1. The van der Waals surface area contributed by atoms with Crippen LogP contribution in [-0.2, 0) is 29.1 Å². The molecule has 1 saturated carbocycles. The Bertz CT molecular complexity index is 1090. The first-order valence-corrected chi connectivity index (χ1v) is 11.7. The van der Waals surface area contributed by atoms with Gasteiger partial charge in [-0.1, -0.05) is 6.42 Å². The smallest absolute Gasteiger partial charge is 0.254 e. The van der Waals surface area contributed by atoms with Gasteiger partial charge in [-0.05, 0) is 38.7 Å². The van der Waals surface area contributed by atoms with Crippen LogP contribution in [0.5, 0.6) is 0 Å². The van der Waals surface area contributed by atoms with Crippen LogP contribution in [0.2, 0.25) is 0 Å². The Balaban J connectivity index is 1.23. The van der Waals surface area contributed by atoms with E-state index in [1.807, 2.05) is 29.0 Å². The van der Waals surface area contributed by atoms with E-state index >= 15 is 0 Å². The van der Waals surface area contributed by atoms with Gasteiger partial charge in [-0.3, -0.25) is 19.1 Å². The van der Waals surface area contributed by atoms with Crippen LogP contribution in [0.1, 0.15) is 60.8 Å². The summed E-state index contributed by atoms with van der Waals surface area (Å²) in [4.78, 5) is 49.5. The van der Waals surface area contributed by atoms with Gasteiger partial charge in [-0.2, -0.15) is 5.10 Å². The minimum absolute atomic E-state index is 0.0154. The van der Waals surface area contributed by atoms with Crippen molar-refractivity contribution in [3.05, 3.63) is 45.4 Å². The average molecular weight is 439 g/mol. The van der Waals surface area contributed by atoms with Crippen LogP contribution in [0.4, 0.5) is 0 Å². The lowest BCUT2D eigenvalue weighted by Crippen LogP contribution is -2.43. The van der Waals surface area contributed by atoms with Crippen molar-refractivity contribution in [2.45, 2.75) is 64.5 Å². The topological polar surface area (TPSA) is 104 Å². The molecule has 0 aromatic carbocycles. The first-order chi connectivity index (χ1) is 15.5.